The number of hydrogen-bond donors (Lipinski definition) is 2. The van der Waals surface area contributed by atoms with Crippen molar-refractivity contribution < 1.29 is 22.6 Å². The number of halogens is 5. The summed E-state index contributed by atoms with van der Waals surface area (Å²) in [5.41, 5.74) is 3.03. The van der Waals surface area contributed by atoms with Crippen molar-refractivity contribution in [2.75, 3.05) is 25.6 Å². The van der Waals surface area contributed by atoms with Gasteiger partial charge in [0.05, 0.1) is 40.1 Å². The lowest BCUT2D eigenvalue weighted by molar-refractivity contribution is -0.140. The smallest absolute Gasteiger partial charge is 0.433 e. The van der Waals surface area contributed by atoms with E-state index in [0.29, 0.717) is 39.3 Å². The van der Waals surface area contributed by atoms with Gasteiger partial charge >= 0.3 is 6.18 Å². The van der Waals surface area contributed by atoms with E-state index >= 15 is 0 Å². The van der Waals surface area contributed by atoms with Gasteiger partial charge in [0.25, 0.3) is 5.56 Å². The third-order valence-corrected chi connectivity index (χ3v) is 9.86. The lowest BCUT2D eigenvalue weighted by atomic mass is 9.99. The number of rotatable bonds is 7. The summed E-state index contributed by atoms with van der Waals surface area (Å²) in [4.78, 5) is 21.6. The molecule has 4 heterocycles. The van der Waals surface area contributed by atoms with E-state index in [-0.39, 0.29) is 33.3 Å². The van der Waals surface area contributed by atoms with Crippen molar-refractivity contribution in [3.63, 3.8) is 0 Å². The van der Waals surface area contributed by atoms with Crippen LogP contribution in [0.15, 0.2) is 59.5 Å². The summed E-state index contributed by atoms with van der Waals surface area (Å²) < 4.78 is 53.7. The van der Waals surface area contributed by atoms with Crippen LogP contribution >= 0.6 is 23.2 Å². The number of alkyl halides is 3. The molecule has 7 rings (SSSR count). The Labute approximate surface area is 289 Å². The molecule has 2 aliphatic rings. The summed E-state index contributed by atoms with van der Waals surface area (Å²) in [6.45, 7) is 1.50. The summed E-state index contributed by atoms with van der Waals surface area (Å²) in [5, 5.41) is 11.0. The number of fused-ring (bicyclic) bond motifs is 2. The minimum absolute atomic E-state index is 0.0149. The van der Waals surface area contributed by atoms with Crippen LogP contribution in [0, 0.1) is 0 Å². The number of nitrogens with zero attached hydrogens (tertiary/aromatic N) is 4. The highest BCUT2D eigenvalue weighted by molar-refractivity contribution is 6.39. The van der Waals surface area contributed by atoms with Crippen molar-refractivity contribution >= 4 is 45.5 Å². The van der Waals surface area contributed by atoms with Crippen molar-refractivity contribution in [3.05, 3.63) is 91.9 Å². The first kappa shape index (κ1) is 33.3. The fourth-order valence-corrected chi connectivity index (χ4v) is 7.21. The van der Waals surface area contributed by atoms with Crippen LogP contribution in [-0.2, 0) is 24.4 Å². The van der Waals surface area contributed by atoms with Gasteiger partial charge < -0.3 is 20.1 Å². The fourth-order valence-electron chi connectivity index (χ4n) is 6.61. The molecule has 0 saturated carbocycles. The Morgan fingerprint density at radius 3 is 2.43 bits per heavy atom. The Hall–Kier alpha value is -4.23. The van der Waals surface area contributed by atoms with E-state index in [4.69, 9.17) is 37.7 Å². The molecule has 1 atom stereocenters. The van der Waals surface area contributed by atoms with Crippen LogP contribution < -0.4 is 20.9 Å². The van der Waals surface area contributed by atoms with Gasteiger partial charge in [0, 0.05) is 60.0 Å². The first-order valence-electron chi connectivity index (χ1n) is 15.7. The molecule has 1 aliphatic heterocycles. The molecule has 1 fully saturated rings. The molecule has 0 spiro atoms. The second-order valence-electron chi connectivity index (χ2n) is 12.1. The van der Waals surface area contributed by atoms with Crippen molar-refractivity contribution in [2.45, 2.75) is 43.9 Å². The van der Waals surface area contributed by atoms with E-state index in [1.165, 1.54) is 13.2 Å². The minimum atomic E-state index is -4.76. The van der Waals surface area contributed by atoms with Gasteiger partial charge in [-0.25, -0.2) is 14.6 Å². The summed E-state index contributed by atoms with van der Waals surface area (Å²) in [6, 6.07) is 13.9. The SMILES string of the molecule is COc1nc(-c2cccc(-c3cccc(Nc4nc(C(F)(F)F)cc5cnn(C)c(=O)c45)c3Cl)c2Cl)cc2c1C(NC1CCOCC1)CC2. The maximum absolute atomic E-state index is 13.8. The number of methoxy groups -OCH3 is 1. The Morgan fingerprint density at radius 2 is 1.69 bits per heavy atom. The Balaban J connectivity index is 1.25. The van der Waals surface area contributed by atoms with Crippen LogP contribution in [0.5, 0.6) is 5.88 Å². The van der Waals surface area contributed by atoms with Gasteiger partial charge in [0.2, 0.25) is 5.88 Å². The summed E-state index contributed by atoms with van der Waals surface area (Å²) in [7, 11) is 3.02. The van der Waals surface area contributed by atoms with E-state index in [9.17, 15) is 18.0 Å². The van der Waals surface area contributed by atoms with Crippen LogP contribution in [0.4, 0.5) is 24.7 Å². The minimum Gasteiger partial charge on any atom is -0.481 e. The molecule has 2 aromatic carbocycles. The normalized spacial score (nSPS) is 16.6. The van der Waals surface area contributed by atoms with Crippen LogP contribution in [0.25, 0.3) is 33.2 Å². The van der Waals surface area contributed by atoms with Gasteiger partial charge in [-0.2, -0.15) is 18.3 Å². The molecule has 49 heavy (non-hydrogen) atoms. The Bertz CT molecular complexity index is 2140. The van der Waals surface area contributed by atoms with Crippen LogP contribution in [0.2, 0.25) is 10.0 Å². The molecule has 1 saturated heterocycles. The molecule has 0 radical (unpaired) electrons. The average Bonchev–Trinajstić information content (AvgIpc) is 3.49. The molecule has 5 aromatic rings. The van der Waals surface area contributed by atoms with E-state index in [1.807, 2.05) is 18.2 Å². The highest BCUT2D eigenvalue weighted by atomic mass is 35.5. The Morgan fingerprint density at radius 1 is 0.980 bits per heavy atom. The van der Waals surface area contributed by atoms with Crippen LogP contribution in [0.3, 0.4) is 0 Å². The van der Waals surface area contributed by atoms with Gasteiger partial charge in [0.1, 0.15) is 11.5 Å². The number of aryl methyl sites for hydroxylation is 2. The standard InChI is InChI=1S/C35H31Cl2F3N6O3/c1-46-34(47)29-19(17-41-46)16-27(35(38,39)40)45-32(29)43-25-8-4-6-22(31(25)37)21-5-3-7-23(30(21)36)26-15-18-9-10-24(28(18)33(44-26)48-2)42-20-11-13-49-14-12-20/h3-8,15-17,20,24,42H,9-14H2,1-2H3,(H,43,45). The fraction of sp³-hybridized carbons (Fsp3) is 0.314. The molecular weight excluding hydrogens is 680 g/mol. The molecule has 0 amide bonds. The van der Waals surface area contributed by atoms with Gasteiger partial charge in [-0.15, -0.1) is 0 Å². The van der Waals surface area contributed by atoms with Crippen molar-refractivity contribution in [3.8, 4) is 28.3 Å². The van der Waals surface area contributed by atoms with Gasteiger partial charge in [0.15, 0.2) is 0 Å². The third kappa shape index (κ3) is 6.34. The predicted molar refractivity (Wildman–Crippen MR) is 183 cm³/mol. The zero-order valence-electron chi connectivity index (χ0n) is 26.5. The lowest BCUT2D eigenvalue weighted by Crippen LogP contribution is -2.36. The summed E-state index contributed by atoms with van der Waals surface area (Å²) >= 11 is 14.0. The Kier molecular flexibility index (Phi) is 8.99. The number of anilines is 2. The van der Waals surface area contributed by atoms with Crippen molar-refractivity contribution in [2.24, 2.45) is 7.05 Å². The molecule has 3 aromatic heterocycles. The summed E-state index contributed by atoms with van der Waals surface area (Å²) in [5.74, 6) is 0.244. The first-order chi connectivity index (χ1) is 23.5. The third-order valence-electron chi connectivity index (χ3n) is 9.05. The topological polar surface area (TPSA) is 103 Å². The number of pyridine rings is 2. The maximum Gasteiger partial charge on any atom is 0.433 e. The van der Waals surface area contributed by atoms with E-state index in [1.54, 1.807) is 31.4 Å². The first-order valence-corrected chi connectivity index (χ1v) is 16.5. The second kappa shape index (κ2) is 13.2. The predicted octanol–water partition coefficient (Wildman–Crippen LogP) is 7.89. The van der Waals surface area contributed by atoms with Gasteiger partial charge in [-0.05, 0) is 49.4 Å². The number of hydrogen-bond acceptors (Lipinski definition) is 8. The van der Waals surface area contributed by atoms with Crippen molar-refractivity contribution in [1.29, 1.82) is 0 Å². The molecule has 1 aliphatic carbocycles. The lowest BCUT2D eigenvalue weighted by Gasteiger charge is -2.27. The number of ether oxygens (including phenoxy) is 2. The van der Waals surface area contributed by atoms with Crippen LogP contribution in [-0.4, -0.2) is 46.1 Å². The number of aromatic nitrogens is 4. The monoisotopic (exact) mass is 710 g/mol. The van der Waals surface area contributed by atoms with E-state index in [2.05, 4.69) is 20.7 Å². The average molecular weight is 712 g/mol. The van der Waals surface area contributed by atoms with Gasteiger partial charge in [-0.1, -0.05) is 53.5 Å². The largest absolute Gasteiger partial charge is 0.481 e. The molecule has 2 N–H and O–H groups in total. The molecule has 1 unspecified atom stereocenters. The molecular formula is C35H31Cl2F3N6O3. The maximum atomic E-state index is 13.8. The molecule has 254 valence electrons. The molecule has 9 nitrogen and oxygen atoms in total. The quantitative estimate of drug-likeness (QED) is 0.176. The van der Waals surface area contributed by atoms with Gasteiger partial charge in [-0.3, -0.25) is 4.79 Å². The number of benzene rings is 2. The highest BCUT2D eigenvalue weighted by Gasteiger charge is 2.34. The zero-order valence-corrected chi connectivity index (χ0v) is 28.0. The number of nitrogens with one attached hydrogen (secondary N) is 2. The molecule has 14 heteroatoms. The van der Waals surface area contributed by atoms with E-state index in [0.717, 1.165) is 60.8 Å². The molecule has 0 bridgehead atoms. The van der Waals surface area contributed by atoms with Crippen molar-refractivity contribution in [1.82, 2.24) is 25.1 Å². The second-order valence-corrected chi connectivity index (χ2v) is 12.8. The summed E-state index contributed by atoms with van der Waals surface area (Å²) in [6.07, 6.45) is 0.135. The van der Waals surface area contributed by atoms with E-state index < -0.39 is 17.4 Å². The van der Waals surface area contributed by atoms with Crippen LogP contribution in [0.1, 0.15) is 42.1 Å². The zero-order chi connectivity index (χ0) is 34.4. The highest BCUT2D eigenvalue weighted by Crippen LogP contribution is 2.45.